The van der Waals surface area contributed by atoms with Crippen LogP contribution in [0, 0.1) is 0 Å². The fourth-order valence-corrected chi connectivity index (χ4v) is 2.27. The van der Waals surface area contributed by atoms with Crippen LogP contribution in [-0.4, -0.2) is 21.8 Å². The van der Waals surface area contributed by atoms with E-state index < -0.39 is 0 Å². The van der Waals surface area contributed by atoms with Crippen LogP contribution in [0.1, 0.15) is 22.3 Å². The van der Waals surface area contributed by atoms with Crippen LogP contribution in [0.5, 0.6) is 0 Å². The Morgan fingerprint density at radius 2 is 2.14 bits per heavy atom. The minimum Gasteiger partial charge on any atom is -0.326 e. The number of halogens is 1. The Hall–Kier alpha value is -2.47. The van der Waals surface area contributed by atoms with E-state index in [9.17, 15) is 9.59 Å². The molecule has 1 aliphatic heterocycles. The molecule has 2 amide bonds. The van der Waals surface area contributed by atoms with Crippen molar-refractivity contribution < 1.29 is 9.59 Å². The molecule has 0 bridgehead atoms. The zero-order valence-electron chi connectivity index (χ0n) is 10.9. The van der Waals surface area contributed by atoms with Crippen molar-refractivity contribution in [1.29, 1.82) is 0 Å². The number of aromatic nitrogens is 2. The van der Waals surface area contributed by atoms with E-state index in [0.717, 1.165) is 11.3 Å². The van der Waals surface area contributed by atoms with Gasteiger partial charge in [0.1, 0.15) is 5.82 Å². The van der Waals surface area contributed by atoms with E-state index in [0.29, 0.717) is 24.2 Å². The lowest BCUT2D eigenvalue weighted by Crippen LogP contribution is -2.20. The van der Waals surface area contributed by atoms with Crippen LogP contribution in [0.3, 0.4) is 0 Å². The third-order valence-corrected chi connectivity index (χ3v) is 3.31. The normalized spacial score (nSPS) is 13.3. The molecule has 6 nitrogen and oxygen atoms in total. The van der Waals surface area contributed by atoms with Crippen molar-refractivity contribution in [2.45, 2.75) is 12.8 Å². The number of hydrogen-bond donors (Lipinski definition) is 2. The number of fused-ring (bicyclic) bond motifs is 1. The van der Waals surface area contributed by atoms with Gasteiger partial charge in [0.05, 0.1) is 0 Å². The summed E-state index contributed by atoms with van der Waals surface area (Å²) in [6, 6.07) is 6.71. The average molecular weight is 303 g/mol. The first kappa shape index (κ1) is 13.5. The highest BCUT2D eigenvalue weighted by Crippen LogP contribution is 2.23. The van der Waals surface area contributed by atoms with Gasteiger partial charge in [-0.05, 0) is 47.9 Å². The summed E-state index contributed by atoms with van der Waals surface area (Å²) >= 11 is 5.67. The molecule has 0 radical (unpaired) electrons. The van der Waals surface area contributed by atoms with Gasteiger partial charge in [0.15, 0.2) is 0 Å². The molecule has 106 valence electrons. The van der Waals surface area contributed by atoms with Crippen molar-refractivity contribution in [3.05, 3.63) is 46.9 Å². The Balaban J connectivity index is 1.81. The predicted molar refractivity (Wildman–Crippen MR) is 78.4 cm³/mol. The minimum atomic E-state index is -0.288. The largest absolute Gasteiger partial charge is 0.326 e. The number of carbonyl (C=O) groups is 2. The maximum absolute atomic E-state index is 12.2. The maximum Gasteiger partial charge on any atom is 0.256 e. The zero-order chi connectivity index (χ0) is 14.8. The number of nitrogens with one attached hydrogen (secondary N) is 2. The highest BCUT2D eigenvalue weighted by molar-refractivity contribution is 6.28. The van der Waals surface area contributed by atoms with Gasteiger partial charge in [-0.15, -0.1) is 0 Å². The maximum atomic E-state index is 12.2. The molecule has 2 heterocycles. The summed E-state index contributed by atoms with van der Waals surface area (Å²) < 4.78 is 0. The van der Waals surface area contributed by atoms with Gasteiger partial charge >= 0.3 is 0 Å². The number of carbonyl (C=O) groups excluding carboxylic acids is 2. The Kier molecular flexibility index (Phi) is 3.53. The zero-order valence-corrected chi connectivity index (χ0v) is 11.6. The molecule has 0 fully saturated rings. The van der Waals surface area contributed by atoms with Crippen molar-refractivity contribution in [2.24, 2.45) is 0 Å². The van der Waals surface area contributed by atoms with Gasteiger partial charge in [-0.25, -0.2) is 9.97 Å². The quantitative estimate of drug-likeness (QED) is 0.834. The Labute approximate surface area is 125 Å². The van der Waals surface area contributed by atoms with Crippen molar-refractivity contribution in [1.82, 2.24) is 9.97 Å². The lowest BCUT2D eigenvalue weighted by atomic mass is 10.00. The fraction of sp³-hybridized carbons (Fsp3) is 0.143. The van der Waals surface area contributed by atoms with Gasteiger partial charge in [0.25, 0.3) is 5.91 Å². The highest BCUT2D eigenvalue weighted by atomic mass is 35.5. The van der Waals surface area contributed by atoms with E-state index in [1.54, 1.807) is 24.3 Å². The third kappa shape index (κ3) is 3.00. The average Bonchev–Trinajstić information content (AvgIpc) is 2.46. The first-order valence-electron chi connectivity index (χ1n) is 6.34. The van der Waals surface area contributed by atoms with E-state index in [4.69, 9.17) is 11.6 Å². The van der Waals surface area contributed by atoms with Crippen LogP contribution in [-0.2, 0) is 11.2 Å². The molecule has 7 heteroatoms. The van der Waals surface area contributed by atoms with Crippen LogP contribution in [0.15, 0.2) is 30.5 Å². The number of rotatable bonds is 2. The number of hydrogen-bond acceptors (Lipinski definition) is 4. The van der Waals surface area contributed by atoms with Crippen LogP contribution < -0.4 is 10.6 Å². The van der Waals surface area contributed by atoms with E-state index in [1.807, 2.05) is 0 Å². The number of aryl methyl sites for hydroxylation is 1. The summed E-state index contributed by atoms with van der Waals surface area (Å²) in [6.07, 6.45) is 2.52. The van der Waals surface area contributed by atoms with Crippen molar-refractivity contribution in [2.75, 3.05) is 10.6 Å². The Bertz CT molecular complexity index is 733. The van der Waals surface area contributed by atoms with Crippen LogP contribution >= 0.6 is 11.6 Å². The smallest absolute Gasteiger partial charge is 0.256 e. The van der Waals surface area contributed by atoms with Gasteiger partial charge in [-0.2, -0.15) is 0 Å². The molecule has 1 aromatic carbocycles. The summed E-state index contributed by atoms with van der Waals surface area (Å²) in [4.78, 5) is 31.1. The SMILES string of the molecule is O=C1CCc2cc(C(=O)Nc3ccnc(Cl)n3)ccc2N1. The van der Waals surface area contributed by atoms with Gasteiger partial charge in [-0.1, -0.05) is 0 Å². The Morgan fingerprint density at radius 1 is 1.29 bits per heavy atom. The summed E-state index contributed by atoms with van der Waals surface area (Å²) in [5.74, 6) is 0.0471. The topological polar surface area (TPSA) is 84.0 Å². The number of amides is 2. The van der Waals surface area contributed by atoms with Gasteiger partial charge in [0, 0.05) is 23.9 Å². The lowest BCUT2D eigenvalue weighted by Gasteiger charge is -2.17. The molecule has 0 spiro atoms. The molecule has 2 aromatic rings. The molecular weight excluding hydrogens is 292 g/mol. The van der Waals surface area contributed by atoms with E-state index in [1.165, 1.54) is 6.20 Å². The van der Waals surface area contributed by atoms with Crippen molar-refractivity contribution >= 4 is 34.9 Å². The van der Waals surface area contributed by atoms with Crippen LogP contribution in [0.4, 0.5) is 11.5 Å². The molecule has 3 rings (SSSR count). The number of nitrogens with zero attached hydrogens (tertiary/aromatic N) is 2. The standard InChI is InChI=1S/C14H11ClN4O2/c15-14-16-6-5-11(19-14)18-13(21)9-1-3-10-8(7-9)2-4-12(20)17-10/h1,3,5-7H,2,4H2,(H,17,20)(H,16,18,19,21). The third-order valence-electron chi connectivity index (χ3n) is 3.13. The molecule has 1 aliphatic rings. The molecule has 0 atom stereocenters. The molecule has 1 aromatic heterocycles. The predicted octanol–water partition coefficient (Wildman–Crippen LogP) is 2.27. The van der Waals surface area contributed by atoms with E-state index >= 15 is 0 Å². The summed E-state index contributed by atoms with van der Waals surface area (Å²) in [7, 11) is 0. The first-order valence-corrected chi connectivity index (χ1v) is 6.72. The molecule has 21 heavy (non-hydrogen) atoms. The monoisotopic (exact) mass is 302 g/mol. The fourth-order valence-electron chi connectivity index (χ4n) is 2.12. The second-order valence-corrected chi connectivity index (χ2v) is 4.92. The second kappa shape index (κ2) is 5.49. The molecule has 0 saturated carbocycles. The molecule has 0 aliphatic carbocycles. The van der Waals surface area contributed by atoms with E-state index in [2.05, 4.69) is 20.6 Å². The summed E-state index contributed by atoms with van der Waals surface area (Å²) in [6.45, 7) is 0. The highest BCUT2D eigenvalue weighted by Gasteiger charge is 2.16. The van der Waals surface area contributed by atoms with Gasteiger partial charge < -0.3 is 10.6 Å². The second-order valence-electron chi connectivity index (χ2n) is 4.59. The minimum absolute atomic E-state index is 0.00433. The van der Waals surface area contributed by atoms with Crippen LogP contribution in [0.2, 0.25) is 5.28 Å². The van der Waals surface area contributed by atoms with E-state index in [-0.39, 0.29) is 17.1 Å². The van der Waals surface area contributed by atoms with Crippen molar-refractivity contribution in [3.8, 4) is 0 Å². The Morgan fingerprint density at radius 3 is 2.95 bits per heavy atom. The van der Waals surface area contributed by atoms with Gasteiger partial charge in [-0.3, -0.25) is 9.59 Å². The number of anilines is 2. The number of benzene rings is 1. The molecule has 2 N–H and O–H groups in total. The molecular formula is C14H11ClN4O2. The summed E-state index contributed by atoms with van der Waals surface area (Å²) in [5.41, 5.74) is 2.20. The summed E-state index contributed by atoms with van der Waals surface area (Å²) in [5, 5.41) is 5.50. The molecule has 0 unspecified atom stereocenters. The molecule has 0 saturated heterocycles. The van der Waals surface area contributed by atoms with Crippen LogP contribution in [0.25, 0.3) is 0 Å². The lowest BCUT2D eigenvalue weighted by molar-refractivity contribution is -0.116. The van der Waals surface area contributed by atoms with Gasteiger partial charge in [0.2, 0.25) is 11.2 Å². The first-order chi connectivity index (χ1) is 10.1. The van der Waals surface area contributed by atoms with Crippen molar-refractivity contribution in [3.63, 3.8) is 0 Å².